The topological polar surface area (TPSA) is 46.1 Å². The molecule has 3 rings (SSSR count). The van der Waals surface area contributed by atoms with Gasteiger partial charge < -0.3 is 0 Å². The van der Waals surface area contributed by atoms with E-state index in [0.717, 1.165) is 10.7 Å². The van der Waals surface area contributed by atoms with Crippen LogP contribution in [-0.4, -0.2) is 15.9 Å². The first-order valence-electron chi connectivity index (χ1n) is 7.29. The fraction of sp³-hybridized carbons (Fsp3) is 0.118. The van der Waals surface area contributed by atoms with Crippen LogP contribution in [0.1, 0.15) is 12.6 Å². The highest BCUT2D eigenvalue weighted by Gasteiger charge is 2.20. The van der Waals surface area contributed by atoms with Gasteiger partial charge in [0.2, 0.25) is 5.91 Å². The van der Waals surface area contributed by atoms with Crippen molar-refractivity contribution in [3.8, 4) is 0 Å². The van der Waals surface area contributed by atoms with Gasteiger partial charge in [0.25, 0.3) is 0 Å². The number of thiazole rings is 1. The third-order valence-corrected chi connectivity index (χ3v) is 5.55. The minimum absolute atomic E-state index is 0.191. The predicted molar refractivity (Wildman–Crippen MR) is 100 cm³/mol. The molecule has 3 aromatic rings. The van der Waals surface area contributed by atoms with Gasteiger partial charge >= 0.3 is 0 Å². The molecule has 8 heteroatoms. The highest BCUT2D eigenvalue weighted by molar-refractivity contribution is 7.98. The van der Waals surface area contributed by atoms with E-state index in [4.69, 9.17) is 11.6 Å². The Kier molecular flexibility index (Phi) is 5.67. The average Bonchev–Trinajstić information content (AvgIpc) is 3.04. The molecule has 0 N–H and O–H groups in total. The van der Waals surface area contributed by atoms with Crippen LogP contribution in [0.25, 0.3) is 0 Å². The van der Waals surface area contributed by atoms with Crippen molar-refractivity contribution in [2.45, 2.75) is 17.7 Å². The summed E-state index contributed by atoms with van der Waals surface area (Å²) >= 11 is 8.84. The Hall–Kier alpha value is -1.96. The summed E-state index contributed by atoms with van der Waals surface area (Å²) in [5.74, 6) is -0.216. The summed E-state index contributed by atoms with van der Waals surface area (Å²) in [6, 6.07) is 9.68. The zero-order valence-electron chi connectivity index (χ0n) is 13.1. The van der Waals surface area contributed by atoms with Gasteiger partial charge in [-0.2, -0.15) is 0 Å². The maximum absolute atomic E-state index is 14.1. The monoisotopic (exact) mass is 393 g/mol. The van der Waals surface area contributed by atoms with E-state index in [1.165, 1.54) is 41.0 Å². The number of benzene rings is 1. The second-order valence-electron chi connectivity index (χ2n) is 5.01. The Balaban J connectivity index is 1.80. The third-order valence-electron chi connectivity index (χ3n) is 3.22. The molecule has 128 valence electrons. The smallest absolute Gasteiger partial charge is 0.230 e. The number of thioether (sulfide) groups is 1. The van der Waals surface area contributed by atoms with Crippen molar-refractivity contribution in [3.05, 3.63) is 64.5 Å². The minimum Gasteiger partial charge on any atom is -0.274 e. The standard InChI is InChI=1S/C17H13ClFN3OS2/c1-11(23)22(15-7-3-2-6-14(15)19)17-21-12(10-25-17)9-24-16-13(18)5-4-8-20-16/h2-8,10H,9H2,1H3. The Morgan fingerprint density at radius 3 is 2.84 bits per heavy atom. The van der Waals surface area contributed by atoms with Gasteiger partial charge in [-0.3, -0.25) is 9.69 Å². The number of carbonyl (C=O) groups excluding carboxylic acids is 1. The number of anilines is 2. The van der Waals surface area contributed by atoms with Crippen molar-refractivity contribution in [1.82, 2.24) is 9.97 Å². The van der Waals surface area contributed by atoms with Crippen molar-refractivity contribution in [1.29, 1.82) is 0 Å². The number of pyridine rings is 1. The van der Waals surface area contributed by atoms with Gasteiger partial charge in [-0.05, 0) is 24.3 Å². The van der Waals surface area contributed by atoms with Crippen molar-refractivity contribution in [2.75, 3.05) is 4.90 Å². The van der Waals surface area contributed by atoms with E-state index < -0.39 is 5.82 Å². The number of aromatic nitrogens is 2. The molecule has 0 unspecified atom stereocenters. The van der Waals surface area contributed by atoms with Crippen molar-refractivity contribution >= 4 is 51.4 Å². The van der Waals surface area contributed by atoms with Gasteiger partial charge in [0, 0.05) is 24.3 Å². The highest BCUT2D eigenvalue weighted by Crippen LogP contribution is 2.33. The quantitative estimate of drug-likeness (QED) is 0.551. The molecule has 0 atom stereocenters. The van der Waals surface area contributed by atoms with Crippen molar-refractivity contribution in [2.24, 2.45) is 0 Å². The van der Waals surface area contributed by atoms with Crippen LogP contribution in [0.3, 0.4) is 0 Å². The molecule has 0 spiro atoms. The number of hydrogen-bond donors (Lipinski definition) is 0. The molecule has 1 aromatic carbocycles. The number of amides is 1. The molecule has 0 aliphatic rings. The maximum atomic E-state index is 14.1. The first kappa shape index (κ1) is 17.8. The fourth-order valence-electron chi connectivity index (χ4n) is 2.13. The molecule has 0 fully saturated rings. The van der Waals surface area contributed by atoms with E-state index in [-0.39, 0.29) is 11.6 Å². The molecule has 0 aliphatic heterocycles. The molecule has 2 aromatic heterocycles. The third kappa shape index (κ3) is 4.18. The lowest BCUT2D eigenvalue weighted by atomic mass is 10.3. The van der Waals surface area contributed by atoms with Gasteiger partial charge in [-0.25, -0.2) is 14.4 Å². The van der Waals surface area contributed by atoms with E-state index in [1.807, 2.05) is 5.38 Å². The van der Waals surface area contributed by atoms with Gasteiger partial charge in [0.1, 0.15) is 10.8 Å². The molecule has 25 heavy (non-hydrogen) atoms. The summed E-state index contributed by atoms with van der Waals surface area (Å²) in [6.07, 6.45) is 1.68. The summed E-state index contributed by atoms with van der Waals surface area (Å²) in [6.45, 7) is 1.38. The maximum Gasteiger partial charge on any atom is 0.230 e. The molecule has 0 bridgehead atoms. The predicted octanol–water partition coefficient (Wildman–Crippen LogP) is 5.31. The minimum atomic E-state index is -0.468. The molecule has 0 saturated carbocycles. The molecular formula is C17H13ClFN3OS2. The fourth-order valence-corrected chi connectivity index (χ4v) is 4.17. The van der Waals surface area contributed by atoms with Gasteiger partial charge in [0.15, 0.2) is 5.13 Å². The molecule has 0 aliphatic carbocycles. The SMILES string of the molecule is CC(=O)N(c1nc(CSc2ncccc2Cl)cs1)c1ccccc1F. The normalized spacial score (nSPS) is 10.7. The Labute approximate surface area is 157 Å². The molecular weight excluding hydrogens is 381 g/mol. The Bertz CT molecular complexity index is 903. The van der Waals surface area contributed by atoms with E-state index in [2.05, 4.69) is 9.97 Å². The largest absolute Gasteiger partial charge is 0.274 e. The molecule has 1 amide bonds. The zero-order chi connectivity index (χ0) is 17.8. The second kappa shape index (κ2) is 7.95. The number of halogens is 2. The van der Waals surface area contributed by atoms with Crippen LogP contribution < -0.4 is 4.90 Å². The molecule has 2 heterocycles. The lowest BCUT2D eigenvalue weighted by Crippen LogP contribution is -2.23. The zero-order valence-corrected chi connectivity index (χ0v) is 15.5. The van der Waals surface area contributed by atoms with Crippen molar-refractivity contribution < 1.29 is 9.18 Å². The molecule has 0 saturated heterocycles. The van der Waals surface area contributed by atoms with Crippen LogP contribution in [-0.2, 0) is 10.5 Å². The highest BCUT2D eigenvalue weighted by atomic mass is 35.5. The summed E-state index contributed by atoms with van der Waals surface area (Å²) in [7, 11) is 0. The van der Waals surface area contributed by atoms with Gasteiger partial charge in [0.05, 0.1) is 16.4 Å². The Morgan fingerprint density at radius 1 is 1.32 bits per heavy atom. The van der Waals surface area contributed by atoms with Crippen molar-refractivity contribution in [3.63, 3.8) is 0 Å². The van der Waals surface area contributed by atoms with Gasteiger partial charge in [-0.1, -0.05) is 35.5 Å². The number of carbonyl (C=O) groups is 1. The average molecular weight is 394 g/mol. The van der Waals surface area contributed by atoms with Crippen LogP contribution in [0.5, 0.6) is 0 Å². The van der Waals surface area contributed by atoms with Crippen LogP contribution in [0.4, 0.5) is 15.2 Å². The summed E-state index contributed by atoms with van der Waals surface area (Å²) in [5, 5.41) is 3.58. The second-order valence-corrected chi connectivity index (χ2v) is 7.21. The number of nitrogens with zero attached hydrogens (tertiary/aromatic N) is 3. The van der Waals surface area contributed by atoms with Crippen LogP contribution in [0.15, 0.2) is 53.0 Å². The van der Waals surface area contributed by atoms with E-state index in [9.17, 15) is 9.18 Å². The summed E-state index contributed by atoms with van der Waals surface area (Å²) < 4.78 is 14.1. The lowest BCUT2D eigenvalue weighted by molar-refractivity contribution is -0.115. The molecule has 4 nitrogen and oxygen atoms in total. The number of para-hydroxylation sites is 1. The number of rotatable bonds is 5. The van der Waals surface area contributed by atoms with Crippen LogP contribution in [0, 0.1) is 5.82 Å². The van der Waals surface area contributed by atoms with Crippen LogP contribution in [0.2, 0.25) is 5.02 Å². The Morgan fingerprint density at radius 2 is 2.12 bits per heavy atom. The van der Waals surface area contributed by atoms with Crippen LogP contribution >= 0.6 is 34.7 Å². The van der Waals surface area contributed by atoms with Gasteiger partial charge in [-0.15, -0.1) is 11.3 Å². The first-order valence-corrected chi connectivity index (χ1v) is 9.53. The molecule has 0 radical (unpaired) electrons. The summed E-state index contributed by atoms with van der Waals surface area (Å²) in [5.41, 5.74) is 0.964. The van der Waals surface area contributed by atoms with E-state index >= 15 is 0 Å². The lowest BCUT2D eigenvalue weighted by Gasteiger charge is -2.18. The number of hydrogen-bond acceptors (Lipinski definition) is 5. The summed E-state index contributed by atoms with van der Waals surface area (Å²) in [4.78, 5) is 22.0. The van der Waals surface area contributed by atoms with E-state index in [1.54, 1.807) is 36.5 Å². The van der Waals surface area contributed by atoms with E-state index in [0.29, 0.717) is 15.9 Å². The first-order chi connectivity index (χ1) is 12.1.